The van der Waals surface area contributed by atoms with Crippen molar-refractivity contribution in [1.29, 1.82) is 0 Å². The number of fused-ring (bicyclic) bond motifs is 1. The van der Waals surface area contributed by atoms with E-state index in [9.17, 15) is 0 Å². The van der Waals surface area contributed by atoms with E-state index < -0.39 is 0 Å². The first-order valence-electron chi connectivity index (χ1n) is 4.75. The van der Waals surface area contributed by atoms with Crippen molar-refractivity contribution < 1.29 is 0 Å². The van der Waals surface area contributed by atoms with Crippen molar-refractivity contribution in [3.05, 3.63) is 29.3 Å². The summed E-state index contributed by atoms with van der Waals surface area (Å²) < 4.78 is 0. The molecule has 0 radical (unpaired) electrons. The molecule has 0 bridgehead atoms. The van der Waals surface area contributed by atoms with E-state index in [1.54, 1.807) is 0 Å². The predicted molar refractivity (Wildman–Crippen MR) is 53.2 cm³/mol. The van der Waals surface area contributed by atoms with Crippen LogP contribution in [0.2, 0.25) is 0 Å². The maximum atomic E-state index is 4.04. The molecule has 0 saturated heterocycles. The summed E-state index contributed by atoms with van der Waals surface area (Å²) in [5.41, 5.74) is 3.73. The van der Waals surface area contributed by atoms with Crippen LogP contribution in [0.5, 0.6) is 0 Å². The van der Waals surface area contributed by atoms with Crippen molar-refractivity contribution in [2.75, 3.05) is 0 Å². The molecule has 68 valence electrons. The Morgan fingerprint density at radius 1 is 1.38 bits per heavy atom. The largest absolute Gasteiger partial charge is 0.184 e. The molecule has 0 aliphatic carbocycles. The summed E-state index contributed by atoms with van der Waals surface area (Å²) in [7, 11) is 0. The van der Waals surface area contributed by atoms with Crippen molar-refractivity contribution in [2.45, 2.75) is 26.8 Å². The smallest absolute Gasteiger partial charge is 0.0904 e. The number of azo groups is 1. The molecular formula is C11H14N2. The van der Waals surface area contributed by atoms with E-state index in [-0.39, 0.29) is 0 Å². The highest BCUT2D eigenvalue weighted by Crippen LogP contribution is 2.27. The van der Waals surface area contributed by atoms with E-state index >= 15 is 0 Å². The summed E-state index contributed by atoms with van der Waals surface area (Å²) in [4.78, 5) is 0. The van der Waals surface area contributed by atoms with Crippen molar-refractivity contribution in [2.24, 2.45) is 16.1 Å². The Balaban J connectivity index is 2.23. The third-order valence-electron chi connectivity index (χ3n) is 2.21. The van der Waals surface area contributed by atoms with Crippen molar-refractivity contribution in [3.8, 4) is 0 Å². The van der Waals surface area contributed by atoms with Gasteiger partial charge in [0.15, 0.2) is 0 Å². The van der Waals surface area contributed by atoms with Gasteiger partial charge in [-0.2, -0.15) is 10.2 Å². The molecule has 0 fully saturated rings. The van der Waals surface area contributed by atoms with Crippen LogP contribution in [0, 0.1) is 5.92 Å². The van der Waals surface area contributed by atoms with Gasteiger partial charge in [-0.15, -0.1) is 0 Å². The zero-order valence-corrected chi connectivity index (χ0v) is 8.12. The lowest BCUT2D eigenvalue weighted by Crippen LogP contribution is -1.94. The third kappa shape index (κ3) is 1.77. The third-order valence-corrected chi connectivity index (χ3v) is 2.21. The SMILES string of the molecule is CC(C)Cc1ccc2c(c1)CN=N2. The van der Waals surface area contributed by atoms with E-state index in [0.29, 0.717) is 5.92 Å². The summed E-state index contributed by atoms with van der Waals surface area (Å²) in [6, 6.07) is 6.46. The second-order valence-electron chi connectivity index (χ2n) is 3.96. The van der Waals surface area contributed by atoms with Gasteiger partial charge in [-0.3, -0.25) is 0 Å². The molecule has 1 aromatic carbocycles. The van der Waals surface area contributed by atoms with Gasteiger partial charge in [-0.05, 0) is 24.0 Å². The maximum Gasteiger partial charge on any atom is 0.0904 e. The molecule has 1 aliphatic heterocycles. The van der Waals surface area contributed by atoms with Crippen LogP contribution in [0.3, 0.4) is 0 Å². The standard InChI is InChI=1S/C11H14N2/c1-8(2)5-9-3-4-11-10(6-9)7-12-13-11/h3-4,6,8H,5,7H2,1-2H3. The molecule has 2 rings (SSSR count). The number of nitrogens with zero attached hydrogens (tertiary/aromatic N) is 2. The van der Waals surface area contributed by atoms with Crippen molar-refractivity contribution >= 4 is 5.69 Å². The summed E-state index contributed by atoms with van der Waals surface area (Å²) in [6.45, 7) is 5.24. The minimum Gasteiger partial charge on any atom is -0.184 e. The quantitative estimate of drug-likeness (QED) is 0.655. The van der Waals surface area contributed by atoms with Crippen molar-refractivity contribution in [3.63, 3.8) is 0 Å². The molecule has 1 aliphatic rings. The van der Waals surface area contributed by atoms with Gasteiger partial charge >= 0.3 is 0 Å². The molecule has 1 aromatic rings. The van der Waals surface area contributed by atoms with Gasteiger partial charge in [-0.1, -0.05) is 26.0 Å². The minimum atomic E-state index is 0.716. The summed E-state index contributed by atoms with van der Waals surface area (Å²) in [6.07, 6.45) is 1.15. The van der Waals surface area contributed by atoms with E-state index in [4.69, 9.17) is 0 Å². The Hall–Kier alpha value is -1.18. The van der Waals surface area contributed by atoms with Crippen LogP contribution >= 0.6 is 0 Å². The molecule has 0 N–H and O–H groups in total. The Bertz CT molecular complexity index is 340. The fraction of sp³-hybridized carbons (Fsp3) is 0.455. The van der Waals surface area contributed by atoms with Crippen LogP contribution in [-0.4, -0.2) is 0 Å². The number of benzene rings is 1. The number of rotatable bonds is 2. The first-order valence-corrected chi connectivity index (χ1v) is 4.75. The van der Waals surface area contributed by atoms with Crippen LogP contribution in [0.25, 0.3) is 0 Å². The summed E-state index contributed by atoms with van der Waals surface area (Å²) in [5, 5.41) is 8.04. The van der Waals surface area contributed by atoms with Gasteiger partial charge in [0, 0.05) is 5.56 Å². The van der Waals surface area contributed by atoms with Crippen molar-refractivity contribution in [1.82, 2.24) is 0 Å². The van der Waals surface area contributed by atoms with E-state index in [0.717, 1.165) is 18.7 Å². The Labute approximate surface area is 78.7 Å². The van der Waals surface area contributed by atoms with Crippen LogP contribution in [0.15, 0.2) is 28.4 Å². The lowest BCUT2D eigenvalue weighted by molar-refractivity contribution is 0.647. The van der Waals surface area contributed by atoms with Gasteiger partial charge in [0.2, 0.25) is 0 Å². The fourth-order valence-electron chi connectivity index (χ4n) is 1.65. The second kappa shape index (κ2) is 3.29. The summed E-state index contributed by atoms with van der Waals surface area (Å²) >= 11 is 0. The molecule has 13 heavy (non-hydrogen) atoms. The molecule has 1 heterocycles. The molecule has 0 saturated carbocycles. The molecular weight excluding hydrogens is 160 g/mol. The molecule has 0 unspecified atom stereocenters. The lowest BCUT2D eigenvalue weighted by atomic mass is 10.0. The van der Waals surface area contributed by atoms with Gasteiger partial charge in [0.25, 0.3) is 0 Å². The average Bonchev–Trinajstić information content (AvgIpc) is 2.49. The second-order valence-corrected chi connectivity index (χ2v) is 3.96. The number of hydrogen-bond acceptors (Lipinski definition) is 2. The normalized spacial score (nSPS) is 13.8. The zero-order valence-electron chi connectivity index (χ0n) is 8.12. The Kier molecular flexibility index (Phi) is 2.13. The van der Waals surface area contributed by atoms with Gasteiger partial charge < -0.3 is 0 Å². The average molecular weight is 174 g/mol. The monoisotopic (exact) mass is 174 g/mol. The lowest BCUT2D eigenvalue weighted by Gasteiger charge is -2.05. The Morgan fingerprint density at radius 3 is 3.00 bits per heavy atom. The van der Waals surface area contributed by atoms with E-state index in [2.05, 4.69) is 42.3 Å². The highest BCUT2D eigenvalue weighted by atomic mass is 15.1. The zero-order chi connectivity index (χ0) is 9.26. The van der Waals surface area contributed by atoms with E-state index in [1.807, 2.05) is 0 Å². The van der Waals surface area contributed by atoms with Crippen LogP contribution < -0.4 is 0 Å². The first kappa shape index (κ1) is 8.42. The van der Waals surface area contributed by atoms with Crippen LogP contribution in [-0.2, 0) is 13.0 Å². The number of hydrogen-bond donors (Lipinski definition) is 0. The van der Waals surface area contributed by atoms with Crippen LogP contribution in [0.4, 0.5) is 5.69 Å². The van der Waals surface area contributed by atoms with Gasteiger partial charge in [0.05, 0.1) is 12.2 Å². The molecule has 2 nitrogen and oxygen atoms in total. The Morgan fingerprint density at radius 2 is 2.23 bits per heavy atom. The highest BCUT2D eigenvalue weighted by Gasteiger charge is 2.08. The molecule has 0 amide bonds. The first-order chi connectivity index (χ1) is 6.25. The fourth-order valence-corrected chi connectivity index (χ4v) is 1.65. The molecule has 0 spiro atoms. The molecule has 2 heteroatoms. The van der Waals surface area contributed by atoms with Crippen LogP contribution in [0.1, 0.15) is 25.0 Å². The predicted octanol–water partition coefficient (Wildman–Crippen LogP) is 3.48. The molecule has 0 atom stereocenters. The topological polar surface area (TPSA) is 24.7 Å². The minimum absolute atomic E-state index is 0.716. The van der Waals surface area contributed by atoms with Gasteiger partial charge in [-0.25, -0.2) is 0 Å². The van der Waals surface area contributed by atoms with Gasteiger partial charge in [0.1, 0.15) is 0 Å². The highest BCUT2D eigenvalue weighted by molar-refractivity contribution is 5.49. The summed E-state index contributed by atoms with van der Waals surface area (Å²) in [5.74, 6) is 0.716. The van der Waals surface area contributed by atoms with E-state index in [1.165, 1.54) is 11.1 Å². The molecule has 0 aromatic heterocycles. The maximum absolute atomic E-state index is 4.04.